The van der Waals surface area contributed by atoms with E-state index in [0.29, 0.717) is 5.88 Å². The zero-order valence-corrected chi connectivity index (χ0v) is 12.4. The molecule has 0 amide bonds. The summed E-state index contributed by atoms with van der Waals surface area (Å²) in [7, 11) is 0. The Morgan fingerprint density at radius 3 is 2.84 bits per heavy atom. The van der Waals surface area contributed by atoms with Crippen LogP contribution in [-0.2, 0) is 11.3 Å². The largest absolute Gasteiger partial charge is 0.381 e. The molecule has 2 aromatic rings. The molecule has 0 atom stereocenters. The zero-order valence-electron chi connectivity index (χ0n) is 10.8. The molecule has 0 aliphatic carbocycles. The van der Waals surface area contributed by atoms with Gasteiger partial charge in [-0.3, -0.25) is 0 Å². The van der Waals surface area contributed by atoms with Crippen LogP contribution in [0.1, 0.15) is 18.4 Å². The van der Waals surface area contributed by atoms with Crippen LogP contribution >= 0.6 is 22.9 Å². The van der Waals surface area contributed by atoms with Crippen molar-refractivity contribution in [2.24, 2.45) is 0 Å². The van der Waals surface area contributed by atoms with Crippen LogP contribution in [0.25, 0.3) is 10.1 Å². The van der Waals surface area contributed by atoms with Crippen LogP contribution < -0.4 is 5.32 Å². The SMILES string of the molecule is ClCC1(NCc2csc3ccccc23)CCOCC1. The Balaban J connectivity index is 1.74. The third kappa shape index (κ3) is 2.79. The summed E-state index contributed by atoms with van der Waals surface area (Å²) in [5.41, 5.74) is 1.42. The first-order valence-corrected chi connectivity index (χ1v) is 8.08. The van der Waals surface area contributed by atoms with Crippen LogP contribution in [0.4, 0.5) is 0 Å². The molecule has 19 heavy (non-hydrogen) atoms. The van der Waals surface area contributed by atoms with Crippen molar-refractivity contribution in [3.63, 3.8) is 0 Å². The number of hydrogen-bond acceptors (Lipinski definition) is 3. The highest BCUT2D eigenvalue weighted by Crippen LogP contribution is 2.28. The van der Waals surface area contributed by atoms with Crippen molar-refractivity contribution in [3.8, 4) is 0 Å². The zero-order chi connectivity index (χ0) is 13.1. The molecule has 1 aromatic carbocycles. The van der Waals surface area contributed by atoms with Crippen LogP contribution in [-0.4, -0.2) is 24.6 Å². The maximum Gasteiger partial charge on any atom is 0.0484 e. The van der Waals surface area contributed by atoms with Crippen molar-refractivity contribution in [1.82, 2.24) is 5.32 Å². The van der Waals surface area contributed by atoms with Crippen LogP contribution in [0.15, 0.2) is 29.6 Å². The Kier molecular flexibility index (Phi) is 4.08. The average molecular weight is 296 g/mol. The molecule has 1 N–H and O–H groups in total. The Labute approximate surface area is 122 Å². The molecule has 0 saturated carbocycles. The number of hydrogen-bond donors (Lipinski definition) is 1. The van der Waals surface area contributed by atoms with Gasteiger partial charge in [0.25, 0.3) is 0 Å². The fraction of sp³-hybridized carbons (Fsp3) is 0.467. The van der Waals surface area contributed by atoms with E-state index in [1.165, 1.54) is 15.6 Å². The fourth-order valence-electron chi connectivity index (χ4n) is 2.57. The average Bonchev–Trinajstić information content (AvgIpc) is 2.89. The van der Waals surface area contributed by atoms with E-state index < -0.39 is 0 Å². The summed E-state index contributed by atoms with van der Waals surface area (Å²) in [5, 5.41) is 7.28. The summed E-state index contributed by atoms with van der Waals surface area (Å²) < 4.78 is 6.79. The molecule has 1 saturated heterocycles. The number of benzene rings is 1. The lowest BCUT2D eigenvalue weighted by Crippen LogP contribution is -2.50. The van der Waals surface area contributed by atoms with E-state index in [1.54, 1.807) is 0 Å². The molecule has 0 bridgehead atoms. The van der Waals surface area contributed by atoms with E-state index in [-0.39, 0.29) is 5.54 Å². The first kappa shape index (κ1) is 13.4. The first-order valence-electron chi connectivity index (χ1n) is 6.67. The Morgan fingerprint density at radius 1 is 1.26 bits per heavy atom. The predicted molar refractivity (Wildman–Crippen MR) is 82.2 cm³/mol. The van der Waals surface area contributed by atoms with Crippen LogP contribution in [0.3, 0.4) is 0 Å². The Hall–Kier alpha value is -0.610. The van der Waals surface area contributed by atoms with Crippen molar-refractivity contribution in [3.05, 3.63) is 35.2 Å². The number of alkyl halides is 1. The molecule has 0 unspecified atom stereocenters. The quantitative estimate of drug-likeness (QED) is 0.867. The summed E-state index contributed by atoms with van der Waals surface area (Å²) in [6.07, 6.45) is 2.00. The van der Waals surface area contributed by atoms with E-state index in [4.69, 9.17) is 16.3 Å². The molecule has 1 aromatic heterocycles. The highest BCUT2D eigenvalue weighted by molar-refractivity contribution is 7.17. The number of halogens is 1. The molecule has 102 valence electrons. The first-order chi connectivity index (χ1) is 9.33. The van der Waals surface area contributed by atoms with Gasteiger partial charge in [-0.25, -0.2) is 0 Å². The van der Waals surface area contributed by atoms with Gasteiger partial charge in [0.15, 0.2) is 0 Å². The molecular weight excluding hydrogens is 278 g/mol. The summed E-state index contributed by atoms with van der Waals surface area (Å²) in [4.78, 5) is 0. The lowest BCUT2D eigenvalue weighted by Gasteiger charge is -2.36. The van der Waals surface area contributed by atoms with Gasteiger partial charge < -0.3 is 10.1 Å². The van der Waals surface area contributed by atoms with Gasteiger partial charge in [0.1, 0.15) is 0 Å². The standard InChI is InChI=1S/C15H18ClNOS/c16-11-15(5-7-18-8-6-15)17-9-12-10-19-14-4-2-1-3-13(12)14/h1-4,10,17H,5-9,11H2. The number of thiophene rings is 1. The number of ether oxygens (including phenoxy) is 1. The molecule has 4 heteroatoms. The van der Waals surface area contributed by atoms with Gasteiger partial charge in [-0.1, -0.05) is 18.2 Å². The molecule has 3 rings (SSSR count). The number of nitrogens with one attached hydrogen (secondary N) is 1. The molecule has 1 fully saturated rings. The molecule has 2 heterocycles. The lowest BCUT2D eigenvalue weighted by atomic mass is 9.92. The molecule has 1 aliphatic rings. The molecule has 0 radical (unpaired) electrons. The molecular formula is C15H18ClNOS. The minimum Gasteiger partial charge on any atom is -0.381 e. The van der Waals surface area contributed by atoms with Crippen LogP contribution in [0.2, 0.25) is 0 Å². The van der Waals surface area contributed by atoms with Crippen molar-refractivity contribution in [1.29, 1.82) is 0 Å². The van der Waals surface area contributed by atoms with Gasteiger partial charge in [-0.05, 0) is 35.2 Å². The molecule has 2 nitrogen and oxygen atoms in total. The molecule has 1 aliphatic heterocycles. The smallest absolute Gasteiger partial charge is 0.0484 e. The summed E-state index contributed by atoms with van der Waals surface area (Å²) >= 11 is 7.99. The highest BCUT2D eigenvalue weighted by Gasteiger charge is 2.31. The van der Waals surface area contributed by atoms with E-state index in [1.807, 2.05) is 11.3 Å². The maximum atomic E-state index is 6.18. The third-order valence-corrected chi connectivity index (χ3v) is 5.44. The lowest BCUT2D eigenvalue weighted by molar-refractivity contribution is 0.0459. The van der Waals surface area contributed by atoms with Crippen LogP contribution in [0, 0.1) is 0 Å². The van der Waals surface area contributed by atoms with Gasteiger partial charge in [-0.15, -0.1) is 22.9 Å². The predicted octanol–water partition coefficient (Wildman–Crippen LogP) is 3.78. The van der Waals surface area contributed by atoms with Crippen molar-refractivity contribution >= 4 is 33.0 Å². The topological polar surface area (TPSA) is 21.3 Å². The number of fused-ring (bicyclic) bond motifs is 1. The second-order valence-electron chi connectivity index (χ2n) is 5.14. The van der Waals surface area contributed by atoms with E-state index >= 15 is 0 Å². The van der Waals surface area contributed by atoms with Gasteiger partial charge >= 0.3 is 0 Å². The van der Waals surface area contributed by atoms with E-state index in [9.17, 15) is 0 Å². The van der Waals surface area contributed by atoms with Crippen molar-refractivity contribution in [2.45, 2.75) is 24.9 Å². The Morgan fingerprint density at radius 2 is 2.05 bits per heavy atom. The van der Waals surface area contributed by atoms with E-state index in [0.717, 1.165) is 32.6 Å². The second kappa shape index (κ2) is 5.80. The minimum atomic E-state index is 0.0445. The maximum absolute atomic E-state index is 6.18. The van der Waals surface area contributed by atoms with Gasteiger partial charge in [-0.2, -0.15) is 0 Å². The second-order valence-corrected chi connectivity index (χ2v) is 6.32. The van der Waals surface area contributed by atoms with Gasteiger partial charge in [0.05, 0.1) is 0 Å². The van der Waals surface area contributed by atoms with Crippen LogP contribution in [0.5, 0.6) is 0 Å². The summed E-state index contributed by atoms with van der Waals surface area (Å²) in [5.74, 6) is 0.651. The number of rotatable bonds is 4. The minimum absolute atomic E-state index is 0.0445. The third-order valence-electron chi connectivity index (χ3n) is 3.92. The normalized spacial score (nSPS) is 18.8. The van der Waals surface area contributed by atoms with Gasteiger partial charge in [0, 0.05) is 35.9 Å². The fourth-order valence-corrected chi connectivity index (χ4v) is 3.90. The summed E-state index contributed by atoms with van der Waals surface area (Å²) in [6.45, 7) is 2.50. The van der Waals surface area contributed by atoms with Gasteiger partial charge in [0.2, 0.25) is 0 Å². The Bertz CT molecular complexity index is 548. The summed E-state index contributed by atoms with van der Waals surface area (Å²) in [6, 6.07) is 8.56. The van der Waals surface area contributed by atoms with Crippen molar-refractivity contribution < 1.29 is 4.74 Å². The van der Waals surface area contributed by atoms with Crippen molar-refractivity contribution in [2.75, 3.05) is 19.1 Å². The van der Waals surface area contributed by atoms with E-state index in [2.05, 4.69) is 35.0 Å². The highest BCUT2D eigenvalue weighted by atomic mass is 35.5. The molecule has 0 spiro atoms. The monoisotopic (exact) mass is 295 g/mol.